The molecule has 2 aromatic carbocycles. The topological polar surface area (TPSA) is 49.4 Å². The van der Waals surface area contributed by atoms with Gasteiger partial charge in [-0.1, -0.05) is 50.2 Å². The summed E-state index contributed by atoms with van der Waals surface area (Å²) in [5.74, 6) is -0.642. The number of benzene rings is 2. The van der Waals surface area contributed by atoms with Crippen molar-refractivity contribution in [2.75, 3.05) is 11.4 Å². The van der Waals surface area contributed by atoms with Crippen molar-refractivity contribution in [1.82, 2.24) is 5.32 Å². The Kier molecular flexibility index (Phi) is 7.53. The van der Waals surface area contributed by atoms with Crippen molar-refractivity contribution in [3.05, 3.63) is 65.0 Å². The Balaban J connectivity index is 2.06. The molecule has 0 fully saturated rings. The van der Waals surface area contributed by atoms with Gasteiger partial charge >= 0.3 is 0 Å². The molecule has 2 rings (SSSR count). The fraction of sp³-hybridized carbons (Fsp3) is 0.364. The molecule has 0 aliphatic heterocycles. The lowest BCUT2D eigenvalue weighted by Crippen LogP contribution is -2.35. The second kappa shape index (κ2) is 9.86. The summed E-state index contributed by atoms with van der Waals surface area (Å²) in [6.07, 6.45) is 1.79. The summed E-state index contributed by atoms with van der Waals surface area (Å²) in [6.45, 7) is 6.05. The van der Waals surface area contributed by atoms with Gasteiger partial charge in [0.25, 0.3) is 0 Å². The van der Waals surface area contributed by atoms with Crippen LogP contribution in [0.15, 0.2) is 42.5 Å². The zero-order valence-electron chi connectivity index (χ0n) is 16.2. The molecule has 0 saturated carbocycles. The predicted octanol–water partition coefficient (Wildman–Crippen LogP) is 4.01. The Morgan fingerprint density at radius 1 is 0.963 bits per heavy atom. The summed E-state index contributed by atoms with van der Waals surface area (Å²) in [7, 11) is 0. The van der Waals surface area contributed by atoms with Crippen LogP contribution < -0.4 is 10.2 Å². The number of carbonyl (C=O) groups excluding carboxylic acids is 2. The number of hydrogen-bond acceptors (Lipinski definition) is 2. The summed E-state index contributed by atoms with van der Waals surface area (Å²) in [4.78, 5) is 26.2. The smallest absolute Gasteiger partial charge is 0.223 e. The van der Waals surface area contributed by atoms with Crippen LogP contribution >= 0.6 is 0 Å². The number of nitrogens with one attached hydrogen (secondary N) is 1. The molecule has 0 unspecified atom stereocenters. The minimum absolute atomic E-state index is 0.0903. The van der Waals surface area contributed by atoms with E-state index in [1.54, 1.807) is 23.1 Å². The molecule has 5 heteroatoms. The third-order valence-electron chi connectivity index (χ3n) is 4.61. The van der Waals surface area contributed by atoms with Crippen LogP contribution in [-0.2, 0) is 29.0 Å². The zero-order valence-corrected chi connectivity index (χ0v) is 16.2. The van der Waals surface area contributed by atoms with Crippen molar-refractivity contribution in [3.8, 4) is 0 Å². The van der Waals surface area contributed by atoms with E-state index in [2.05, 4.69) is 19.2 Å². The number of aryl methyl sites for hydroxylation is 2. The lowest BCUT2D eigenvalue weighted by atomic mass is 10.0. The van der Waals surface area contributed by atoms with Crippen molar-refractivity contribution in [2.45, 2.75) is 46.6 Å². The molecule has 0 spiro atoms. The van der Waals surface area contributed by atoms with Crippen LogP contribution in [0.25, 0.3) is 0 Å². The molecular weight excluding hydrogens is 343 g/mol. The molecule has 0 bridgehead atoms. The first-order valence-electron chi connectivity index (χ1n) is 9.36. The molecule has 0 atom stereocenters. The van der Waals surface area contributed by atoms with E-state index < -0.39 is 0 Å². The Morgan fingerprint density at radius 3 is 2.11 bits per heavy atom. The van der Waals surface area contributed by atoms with E-state index in [-0.39, 0.29) is 30.6 Å². The zero-order chi connectivity index (χ0) is 19.8. The van der Waals surface area contributed by atoms with Gasteiger partial charge in [-0.2, -0.15) is 0 Å². The molecule has 0 aliphatic carbocycles. The number of nitrogens with zero attached hydrogens (tertiary/aromatic N) is 1. The Hall–Kier alpha value is -2.69. The SMILES string of the molecule is CCc1cccc(CC)c1N(CCC(=O)NCc1ccccc1F)C(C)=O. The molecule has 2 aromatic rings. The minimum atomic E-state index is -0.340. The third kappa shape index (κ3) is 5.39. The van der Waals surface area contributed by atoms with E-state index in [1.165, 1.54) is 13.0 Å². The average molecular weight is 370 g/mol. The Labute approximate surface area is 160 Å². The van der Waals surface area contributed by atoms with E-state index in [1.807, 2.05) is 18.2 Å². The van der Waals surface area contributed by atoms with Gasteiger partial charge in [-0.25, -0.2) is 4.39 Å². The molecule has 0 radical (unpaired) electrons. The Bertz CT molecular complexity index is 782. The maximum Gasteiger partial charge on any atom is 0.223 e. The number of halogens is 1. The summed E-state index contributed by atoms with van der Waals surface area (Å²) in [5.41, 5.74) is 3.54. The van der Waals surface area contributed by atoms with Crippen LogP contribution in [0.2, 0.25) is 0 Å². The van der Waals surface area contributed by atoms with Gasteiger partial charge in [0.1, 0.15) is 5.82 Å². The highest BCUT2D eigenvalue weighted by Gasteiger charge is 2.19. The van der Waals surface area contributed by atoms with Crippen LogP contribution in [0.3, 0.4) is 0 Å². The molecule has 0 heterocycles. The van der Waals surface area contributed by atoms with Gasteiger partial charge in [0.05, 0.1) is 0 Å². The molecular formula is C22H27FN2O2. The standard InChI is InChI=1S/C22H27FN2O2/c1-4-17-10-8-11-18(5-2)22(17)25(16(3)26)14-13-21(27)24-15-19-9-6-7-12-20(19)23/h6-12H,4-5,13-15H2,1-3H3,(H,24,27). The highest BCUT2D eigenvalue weighted by atomic mass is 19.1. The fourth-order valence-corrected chi connectivity index (χ4v) is 3.13. The van der Waals surface area contributed by atoms with E-state index in [0.717, 1.165) is 29.7 Å². The number of para-hydroxylation sites is 1. The molecule has 0 saturated heterocycles. The van der Waals surface area contributed by atoms with E-state index in [0.29, 0.717) is 12.1 Å². The largest absolute Gasteiger partial charge is 0.352 e. The van der Waals surface area contributed by atoms with Crippen molar-refractivity contribution >= 4 is 17.5 Å². The van der Waals surface area contributed by atoms with Gasteiger partial charge in [-0.05, 0) is 30.0 Å². The van der Waals surface area contributed by atoms with Crippen molar-refractivity contribution in [3.63, 3.8) is 0 Å². The van der Waals surface area contributed by atoms with Crippen LogP contribution in [-0.4, -0.2) is 18.4 Å². The van der Waals surface area contributed by atoms with Crippen LogP contribution in [0, 0.1) is 5.82 Å². The van der Waals surface area contributed by atoms with Gasteiger partial charge in [-0.3, -0.25) is 9.59 Å². The van der Waals surface area contributed by atoms with Crippen LogP contribution in [0.4, 0.5) is 10.1 Å². The summed E-state index contributed by atoms with van der Waals surface area (Å²) >= 11 is 0. The van der Waals surface area contributed by atoms with Gasteiger partial charge in [0, 0.05) is 37.7 Å². The number of amides is 2. The monoisotopic (exact) mass is 370 g/mol. The van der Waals surface area contributed by atoms with Gasteiger partial charge in [-0.15, -0.1) is 0 Å². The summed E-state index contributed by atoms with van der Waals surface area (Å²) in [5, 5.41) is 2.73. The lowest BCUT2D eigenvalue weighted by Gasteiger charge is -2.26. The maximum absolute atomic E-state index is 13.6. The first-order chi connectivity index (χ1) is 13.0. The number of carbonyl (C=O) groups is 2. The molecule has 1 N–H and O–H groups in total. The molecule has 0 aromatic heterocycles. The molecule has 0 aliphatic rings. The first kappa shape index (κ1) is 20.6. The third-order valence-corrected chi connectivity index (χ3v) is 4.61. The van der Waals surface area contributed by atoms with Crippen molar-refractivity contribution in [1.29, 1.82) is 0 Å². The number of anilines is 1. The lowest BCUT2D eigenvalue weighted by molar-refractivity contribution is -0.121. The van der Waals surface area contributed by atoms with E-state index in [9.17, 15) is 14.0 Å². The molecule has 4 nitrogen and oxygen atoms in total. The Morgan fingerprint density at radius 2 is 1.56 bits per heavy atom. The van der Waals surface area contributed by atoms with Crippen molar-refractivity contribution in [2.24, 2.45) is 0 Å². The van der Waals surface area contributed by atoms with Gasteiger partial charge in [0.2, 0.25) is 11.8 Å². The fourth-order valence-electron chi connectivity index (χ4n) is 3.13. The van der Waals surface area contributed by atoms with E-state index >= 15 is 0 Å². The highest BCUT2D eigenvalue weighted by molar-refractivity contribution is 5.94. The van der Waals surface area contributed by atoms with Crippen LogP contribution in [0.1, 0.15) is 43.9 Å². The van der Waals surface area contributed by atoms with Crippen LogP contribution in [0.5, 0.6) is 0 Å². The highest BCUT2D eigenvalue weighted by Crippen LogP contribution is 2.27. The number of rotatable bonds is 8. The second-order valence-corrected chi connectivity index (χ2v) is 6.42. The number of hydrogen-bond donors (Lipinski definition) is 1. The quantitative estimate of drug-likeness (QED) is 0.763. The molecule has 27 heavy (non-hydrogen) atoms. The minimum Gasteiger partial charge on any atom is -0.352 e. The van der Waals surface area contributed by atoms with Crippen molar-refractivity contribution < 1.29 is 14.0 Å². The van der Waals surface area contributed by atoms with E-state index in [4.69, 9.17) is 0 Å². The first-order valence-corrected chi connectivity index (χ1v) is 9.36. The maximum atomic E-state index is 13.6. The second-order valence-electron chi connectivity index (χ2n) is 6.42. The molecule has 144 valence electrons. The van der Waals surface area contributed by atoms with Gasteiger partial charge < -0.3 is 10.2 Å². The predicted molar refractivity (Wildman–Crippen MR) is 106 cm³/mol. The molecule has 2 amide bonds. The normalized spacial score (nSPS) is 10.5. The summed E-state index contributed by atoms with van der Waals surface area (Å²) < 4.78 is 13.6. The summed E-state index contributed by atoms with van der Waals surface area (Å²) in [6, 6.07) is 12.4. The average Bonchev–Trinajstić information content (AvgIpc) is 2.67. The van der Waals surface area contributed by atoms with Gasteiger partial charge in [0.15, 0.2) is 0 Å².